The van der Waals surface area contributed by atoms with Gasteiger partial charge in [0.2, 0.25) is 5.91 Å². The molecule has 4 nitrogen and oxygen atoms in total. The van der Waals surface area contributed by atoms with Gasteiger partial charge >= 0.3 is 0 Å². The molecule has 0 saturated carbocycles. The summed E-state index contributed by atoms with van der Waals surface area (Å²) in [5, 5.41) is 0. The molecule has 0 bridgehead atoms. The van der Waals surface area contributed by atoms with Gasteiger partial charge in [-0.2, -0.15) is 0 Å². The van der Waals surface area contributed by atoms with Gasteiger partial charge in [0, 0.05) is 6.42 Å². The third-order valence-corrected chi connectivity index (χ3v) is 2.31. The highest BCUT2D eigenvalue weighted by molar-refractivity contribution is 5.95. The SMILES string of the molecule is C/C=C/CC/C=C/CC(=O)[C@@H]1O[C@H]1C(N)=O. The van der Waals surface area contributed by atoms with Gasteiger partial charge in [0.25, 0.3) is 0 Å². The van der Waals surface area contributed by atoms with Crippen molar-refractivity contribution in [3.8, 4) is 0 Å². The first-order valence-corrected chi connectivity index (χ1v) is 5.40. The summed E-state index contributed by atoms with van der Waals surface area (Å²) in [5.74, 6) is -0.638. The van der Waals surface area contributed by atoms with Crippen LogP contribution in [0.25, 0.3) is 0 Å². The van der Waals surface area contributed by atoms with Crippen molar-refractivity contribution >= 4 is 11.7 Å². The first-order valence-electron chi connectivity index (χ1n) is 5.40. The molecule has 1 fully saturated rings. The number of Topliss-reactive ketones (excluding diaryl/α,β-unsaturated/α-hetero) is 1. The molecule has 0 aromatic heterocycles. The van der Waals surface area contributed by atoms with Gasteiger partial charge in [-0.15, -0.1) is 0 Å². The number of hydrogen-bond donors (Lipinski definition) is 1. The predicted octanol–water partition coefficient (Wildman–Crippen LogP) is 1.11. The van der Waals surface area contributed by atoms with Gasteiger partial charge in [0.1, 0.15) is 0 Å². The van der Waals surface area contributed by atoms with Crippen molar-refractivity contribution in [1.82, 2.24) is 0 Å². The van der Waals surface area contributed by atoms with Crippen molar-refractivity contribution < 1.29 is 14.3 Å². The van der Waals surface area contributed by atoms with Crippen LogP contribution in [0.3, 0.4) is 0 Å². The van der Waals surface area contributed by atoms with Crippen LogP contribution in [-0.4, -0.2) is 23.9 Å². The lowest BCUT2D eigenvalue weighted by Crippen LogP contribution is -2.22. The molecule has 2 atom stereocenters. The normalized spacial score (nSPS) is 24.1. The lowest BCUT2D eigenvalue weighted by atomic mass is 10.1. The maximum Gasteiger partial charge on any atom is 0.249 e. The molecule has 16 heavy (non-hydrogen) atoms. The molecule has 0 spiro atoms. The summed E-state index contributed by atoms with van der Waals surface area (Å²) in [5.41, 5.74) is 4.99. The molecular weight excluding hydrogens is 206 g/mol. The Balaban J connectivity index is 2.14. The standard InChI is InChI=1S/C12H17NO3/c1-2-3-4-5-6-7-8-9(14)10-11(16-10)12(13)15/h2-3,6-7,10-11H,4-5,8H2,1H3,(H2,13,15)/b3-2+,7-6+/t10-,11+/m0/s1. The van der Waals surface area contributed by atoms with Gasteiger partial charge in [-0.3, -0.25) is 9.59 Å². The second-order valence-electron chi connectivity index (χ2n) is 3.67. The minimum Gasteiger partial charge on any atom is -0.367 e. The molecule has 0 aliphatic carbocycles. The maximum atomic E-state index is 11.4. The molecular formula is C12H17NO3. The van der Waals surface area contributed by atoms with E-state index < -0.39 is 18.1 Å². The number of ketones is 1. The average Bonchev–Trinajstić information content (AvgIpc) is 3.02. The van der Waals surface area contributed by atoms with Gasteiger partial charge < -0.3 is 10.5 Å². The lowest BCUT2D eigenvalue weighted by Gasteiger charge is -1.90. The minimum absolute atomic E-state index is 0.0777. The fourth-order valence-electron chi connectivity index (χ4n) is 1.37. The van der Waals surface area contributed by atoms with Crippen LogP contribution < -0.4 is 5.73 Å². The fourth-order valence-corrected chi connectivity index (χ4v) is 1.37. The van der Waals surface area contributed by atoms with E-state index in [1.54, 1.807) is 0 Å². The van der Waals surface area contributed by atoms with Crippen molar-refractivity contribution in [3.63, 3.8) is 0 Å². The largest absolute Gasteiger partial charge is 0.367 e. The van der Waals surface area contributed by atoms with Crippen LogP contribution in [0.1, 0.15) is 26.2 Å². The van der Waals surface area contributed by atoms with Crippen molar-refractivity contribution in [2.24, 2.45) is 5.73 Å². The Morgan fingerprint density at radius 2 is 1.88 bits per heavy atom. The zero-order valence-electron chi connectivity index (χ0n) is 9.39. The first kappa shape index (κ1) is 12.6. The van der Waals surface area contributed by atoms with Gasteiger partial charge in [0.05, 0.1) is 0 Å². The highest BCUT2D eigenvalue weighted by Gasteiger charge is 2.48. The molecule has 1 amide bonds. The van der Waals surface area contributed by atoms with Crippen LogP contribution in [0.4, 0.5) is 0 Å². The van der Waals surface area contributed by atoms with Crippen LogP contribution in [0.5, 0.6) is 0 Å². The predicted molar refractivity (Wildman–Crippen MR) is 60.7 cm³/mol. The van der Waals surface area contributed by atoms with E-state index in [-0.39, 0.29) is 5.78 Å². The lowest BCUT2D eigenvalue weighted by molar-refractivity contribution is -0.121. The summed E-state index contributed by atoms with van der Waals surface area (Å²) in [7, 11) is 0. The zero-order valence-corrected chi connectivity index (χ0v) is 9.39. The Morgan fingerprint density at radius 1 is 1.19 bits per heavy atom. The van der Waals surface area contributed by atoms with Crippen LogP contribution in [0, 0.1) is 0 Å². The summed E-state index contributed by atoms with van der Waals surface area (Å²) in [4.78, 5) is 22.1. The molecule has 0 unspecified atom stereocenters. The van der Waals surface area contributed by atoms with Gasteiger partial charge in [-0.25, -0.2) is 0 Å². The summed E-state index contributed by atoms with van der Waals surface area (Å²) in [6.45, 7) is 1.97. The van der Waals surface area contributed by atoms with E-state index in [0.29, 0.717) is 6.42 Å². The van der Waals surface area contributed by atoms with E-state index in [2.05, 4.69) is 6.08 Å². The summed E-state index contributed by atoms with van der Waals surface area (Å²) < 4.78 is 4.87. The number of amides is 1. The van der Waals surface area contributed by atoms with Crippen LogP contribution in [0.2, 0.25) is 0 Å². The summed E-state index contributed by atoms with van der Waals surface area (Å²) >= 11 is 0. The van der Waals surface area contributed by atoms with Crippen LogP contribution in [-0.2, 0) is 14.3 Å². The van der Waals surface area contributed by atoms with Gasteiger partial charge in [-0.1, -0.05) is 24.3 Å². The number of carbonyl (C=O) groups excluding carboxylic acids is 2. The molecule has 1 rings (SSSR count). The quantitative estimate of drug-likeness (QED) is 0.399. The van der Waals surface area contributed by atoms with Crippen molar-refractivity contribution in [2.45, 2.75) is 38.4 Å². The number of unbranched alkanes of at least 4 members (excludes halogenated alkanes) is 1. The minimum atomic E-state index is -0.691. The zero-order chi connectivity index (χ0) is 12.0. The van der Waals surface area contributed by atoms with E-state index in [1.165, 1.54) is 0 Å². The Morgan fingerprint density at radius 3 is 2.44 bits per heavy atom. The molecule has 1 heterocycles. The Hall–Kier alpha value is -1.42. The number of rotatable bonds is 7. The topological polar surface area (TPSA) is 72.7 Å². The van der Waals surface area contributed by atoms with E-state index in [4.69, 9.17) is 10.5 Å². The highest BCUT2D eigenvalue weighted by atomic mass is 16.6. The fraction of sp³-hybridized carbons (Fsp3) is 0.500. The number of ether oxygens (including phenoxy) is 1. The van der Waals surface area contributed by atoms with Crippen LogP contribution >= 0.6 is 0 Å². The van der Waals surface area contributed by atoms with E-state index in [9.17, 15) is 9.59 Å². The number of allylic oxidation sites excluding steroid dienone is 4. The number of nitrogens with two attached hydrogens (primary N) is 1. The molecule has 1 aliphatic rings. The van der Waals surface area contributed by atoms with Crippen molar-refractivity contribution in [2.75, 3.05) is 0 Å². The molecule has 0 aromatic rings. The van der Waals surface area contributed by atoms with E-state index >= 15 is 0 Å². The third-order valence-electron chi connectivity index (χ3n) is 2.31. The molecule has 88 valence electrons. The average molecular weight is 223 g/mol. The van der Waals surface area contributed by atoms with Crippen molar-refractivity contribution in [3.05, 3.63) is 24.3 Å². The van der Waals surface area contributed by atoms with E-state index in [1.807, 2.05) is 25.2 Å². The van der Waals surface area contributed by atoms with Gasteiger partial charge in [-0.05, 0) is 19.8 Å². The molecule has 0 aromatic carbocycles. The maximum absolute atomic E-state index is 11.4. The smallest absolute Gasteiger partial charge is 0.249 e. The Bertz CT molecular complexity index is 320. The van der Waals surface area contributed by atoms with Gasteiger partial charge in [0.15, 0.2) is 18.0 Å². The summed E-state index contributed by atoms with van der Waals surface area (Å²) in [6.07, 6.45) is 8.75. The second-order valence-corrected chi connectivity index (χ2v) is 3.67. The molecule has 2 N–H and O–H groups in total. The highest BCUT2D eigenvalue weighted by Crippen LogP contribution is 2.23. The molecule has 1 aliphatic heterocycles. The number of carbonyl (C=O) groups is 2. The van der Waals surface area contributed by atoms with Crippen LogP contribution in [0.15, 0.2) is 24.3 Å². The molecule has 4 heteroatoms. The number of epoxide rings is 1. The number of hydrogen-bond acceptors (Lipinski definition) is 3. The molecule has 1 saturated heterocycles. The number of primary amides is 1. The second kappa shape index (κ2) is 6.23. The van der Waals surface area contributed by atoms with E-state index in [0.717, 1.165) is 12.8 Å². The molecule has 0 radical (unpaired) electrons. The summed E-state index contributed by atoms with van der Waals surface area (Å²) in [6, 6.07) is 0. The Kier molecular flexibility index (Phi) is 4.92. The first-order chi connectivity index (χ1) is 7.66. The van der Waals surface area contributed by atoms with Crippen molar-refractivity contribution in [1.29, 1.82) is 0 Å². The third kappa shape index (κ3) is 3.98. The monoisotopic (exact) mass is 223 g/mol. The Labute approximate surface area is 95.1 Å².